The number of nitrogens with one attached hydrogen (secondary N) is 1. The molecule has 2 rings (SSSR count). The molecule has 1 aliphatic heterocycles. The fourth-order valence-electron chi connectivity index (χ4n) is 2.24. The molecule has 2 N–H and O–H groups in total. The average molecular weight is 297 g/mol. The number of carboxylic acids is 1. The largest absolute Gasteiger partial charge is 0.478 e. The van der Waals surface area contributed by atoms with E-state index in [0.717, 1.165) is 0 Å². The summed E-state index contributed by atoms with van der Waals surface area (Å²) in [5.74, 6) is -1.32. The Labute approximate surface area is 116 Å². The summed E-state index contributed by atoms with van der Waals surface area (Å²) < 4.78 is 22.6. The van der Waals surface area contributed by atoms with Crippen molar-refractivity contribution in [2.75, 3.05) is 16.8 Å². The molecule has 20 heavy (non-hydrogen) atoms. The van der Waals surface area contributed by atoms with E-state index >= 15 is 0 Å². The Morgan fingerprint density at radius 3 is 2.70 bits per heavy atom. The van der Waals surface area contributed by atoms with E-state index in [1.165, 1.54) is 12.1 Å². The molecule has 0 radical (unpaired) electrons. The maximum atomic E-state index is 11.8. The van der Waals surface area contributed by atoms with Crippen molar-refractivity contribution in [1.82, 2.24) is 0 Å². The molecule has 0 spiro atoms. The maximum Gasteiger partial charge on any atom is 0.335 e. The quantitative estimate of drug-likeness (QED) is 0.868. The van der Waals surface area contributed by atoms with E-state index in [0.29, 0.717) is 12.1 Å². The first kappa shape index (κ1) is 14.5. The minimum atomic E-state index is -2.99. The van der Waals surface area contributed by atoms with Crippen LogP contribution in [-0.4, -0.2) is 36.9 Å². The smallest absolute Gasteiger partial charge is 0.335 e. The Morgan fingerprint density at radius 1 is 1.35 bits per heavy atom. The van der Waals surface area contributed by atoms with E-state index in [2.05, 4.69) is 5.32 Å². The number of carboxylic acid groups (broad SMARTS) is 1. The Bertz CT molecular complexity index is 638. The van der Waals surface area contributed by atoms with E-state index in [9.17, 15) is 18.0 Å². The predicted molar refractivity (Wildman–Crippen MR) is 73.4 cm³/mol. The van der Waals surface area contributed by atoms with Gasteiger partial charge in [-0.15, -0.1) is 0 Å². The number of sulfone groups is 1. The number of carbonyl (C=O) groups excluding carboxylic acids is 1. The maximum absolute atomic E-state index is 11.8. The minimum Gasteiger partial charge on any atom is -0.478 e. The summed E-state index contributed by atoms with van der Waals surface area (Å²) in [4.78, 5) is 22.6. The average Bonchev–Trinajstić information content (AvgIpc) is 2.68. The van der Waals surface area contributed by atoms with Gasteiger partial charge in [0.25, 0.3) is 0 Å². The monoisotopic (exact) mass is 297 g/mol. The van der Waals surface area contributed by atoms with Gasteiger partial charge in [0.05, 0.1) is 17.1 Å². The van der Waals surface area contributed by atoms with E-state index < -0.39 is 15.8 Å². The van der Waals surface area contributed by atoms with Crippen molar-refractivity contribution in [3.63, 3.8) is 0 Å². The van der Waals surface area contributed by atoms with E-state index in [-0.39, 0.29) is 35.3 Å². The number of aromatic carboxylic acids is 1. The number of rotatable bonds is 4. The molecule has 1 aliphatic rings. The summed E-state index contributed by atoms with van der Waals surface area (Å²) >= 11 is 0. The third-order valence-corrected chi connectivity index (χ3v) is 5.03. The molecule has 108 valence electrons. The molecule has 1 saturated heterocycles. The summed E-state index contributed by atoms with van der Waals surface area (Å²) in [5, 5.41) is 11.4. The highest BCUT2D eigenvalue weighted by Crippen LogP contribution is 2.22. The topological polar surface area (TPSA) is 101 Å². The van der Waals surface area contributed by atoms with Crippen LogP contribution in [0.1, 0.15) is 23.2 Å². The third-order valence-electron chi connectivity index (χ3n) is 3.19. The van der Waals surface area contributed by atoms with Crippen molar-refractivity contribution in [2.24, 2.45) is 5.92 Å². The summed E-state index contributed by atoms with van der Waals surface area (Å²) in [6.07, 6.45) is 0.640. The van der Waals surface area contributed by atoms with Crippen molar-refractivity contribution in [2.45, 2.75) is 12.8 Å². The van der Waals surface area contributed by atoms with Crippen LogP contribution in [0.5, 0.6) is 0 Å². The van der Waals surface area contributed by atoms with Gasteiger partial charge in [0.2, 0.25) is 5.91 Å². The van der Waals surface area contributed by atoms with Crippen molar-refractivity contribution < 1.29 is 23.1 Å². The zero-order chi connectivity index (χ0) is 14.8. The second kappa shape index (κ2) is 5.62. The molecule has 6 nitrogen and oxygen atoms in total. The minimum absolute atomic E-state index is 0.0512. The molecule has 1 aromatic rings. The van der Waals surface area contributed by atoms with Crippen LogP contribution in [-0.2, 0) is 14.6 Å². The van der Waals surface area contributed by atoms with Crippen LogP contribution in [0, 0.1) is 5.92 Å². The van der Waals surface area contributed by atoms with E-state index in [4.69, 9.17) is 5.11 Å². The highest BCUT2D eigenvalue weighted by Gasteiger charge is 2.29. The Kier molecular flexibility index (Phi) is 4.08. The van der Waals surface area contributed by atoms with Crippen LogP contribution >= 0.6 is 0 Å². The first-order valence-corrected chi connectivity index (χ1v) is 8.01. The summed E-state index contributed by atoms with van der Waals surface area (Å²) in [6, 6.07) is 5.93. The van der Waals surface area contributed by atoms with Gasteiger partial charge in [-0.2, -0.15) is 0 Å². The van der Waals surface area contributed by atoms with Crippen LogP contribution in [0.4, 0.5) is 5.69 Å². The van der Waals surface area contributed by atoms with Gasteiger partial charge in [0.1, 0.15) is 0 Å². The number of hydrogen-bond acceptors (Lipinski definition) is 4. The lowest BCUT2D eigenvalue weighted by Crippen LogP contribution is -2.17. The molecule has 1 fully saturated rings. The second-order valence-corrected chi connectivity index (χ2v) is 7.14. The number of hydrogen-bond donors (Lipinski definition) is 2. The van der Waals surface area contributed by atoms with Crippen LogP contribution in [0.2, 0.25) is 0 Å². The molecular weight excluding hydrogens is 282 g/mol. The van der Waals surface area contributed by atoms with Gasteiger partial charge < -0.3 is 10.4 Å². The second-order valence-electron chi connectivity index (χ2n) is 4.91. The van der Waals surface area contributed by atoms with E-state index in [1.807, 2.05) is 0 Å². The lowest BCUT2D eigenvalue weighted by molar-refractivity contribution is -0.116. The number of amides is 1. The molecule has 0 bridgehead atoms. The van der Waals surface area contributed by atoms with Gasteiger partial charge in [0, 0.05) is 12.1 Å². The zero-order valence-corrected chi connectivity index (χ0v) is 11.5. The predicted octanol–water partition coefficient (Wildman–Crippen LogP) is 1.15. The van der Waals surface area contributed by atoms with Crippen LogP contribution in [0.25, 0.3) is 0 Å². The van der Waals surface area contributed by atoms with Crippen molar-refractivity contribution in [1.29, 1.82) is 0 Å². The van der Waals surface area contributed by atoms with Gasteiger partial charge in [0.15, 0.2) is 9.84 Å². The number of carbonyl (C=O) groups is 2. The van der Waals surface area contributed by atoms with Crippen LogP contribution in [0.3, 0.4) is 0 Å². The normalized spacial score (nSPS) is 20.5. The summed E-state index contributed by atoms with van der Waals surface area (Å²) in [7, 11) is -2.99. The molecule has 1 amide bonds. The van der Waals surface area contributed by atoms with Gasteiger partial charge in [-0.25, -0.2) is 13.2 Å². The van der Waals surface area contributed by atoms with Gasteiger partial charge in [-0.1, -0.05) is 6.07 Å². The Hall–Kier alpha value is -1.89. The zero-order valence-electron chi connectivity index (χ0n) is 10.7. The summed E-state index contributed by atoms with van der Waals surface area (Å²) in [6.45, 7) is 0. The molecule has 1 atom stereocenters. The molecule has 7 heteroatoms. The fourth-order valence-corrected chi connectivity index (χ4v) is 4.10. The molecule has 0 saturated carbocycles. The molecular formula is C13H15NO5S. The molecule has 1 heterocycles. The molecule has 0 aromatic heterocycles. The van der Waals surface area contributed by atoms with Crippen molar-refractivity contribution in [3.8, 4) is 0 Å². The molecule has 1 aromatic carbocycles. The first-order valence-electron chi connectivity index (χ1n) is 6.19. The first-order chi connectivity index (χ1) is 9.35. The van der Waals surface area contributed by atoms with E-state index in [1.54, 1.807) is 12.1 Å². The number of anilines is 1. The Morgan fingerprint density at radius 2 is 2.10 bits per heavy atom. The van der Waals surface area contributed by atoms with Gasteiger partial charge >= 0.3 is 5.97 Å². The van der Waals surface area contributed by atoms with Crippen molar-refractivity contribution >= 4 is 27.4 Å². The van der Waals surface area contributed by atoms with Crippen LogP contribution < -0.4 is 5.32 Å². The van der Waals surface area contributed by atoms with Gasteiger partial charge in [-0.05, 0) is 30.5 Å². The third kappa shape index (κ3) is 3.80. The molecule has 0 unspecified atom stereocenters. The fraction of sp³-hybridized carbons (Fsp3) is 0.385. The highest BCUT2D eigenvalue weighted by atomic mass is 32.2. The van der Waals surface area contributed by atoms with Gasteiger partial charge in [-0.3, -0.25) is 4.79 Å². The highest BCUT2D eigenvalue weighted by molar-refractivity contribution is 7.91. The lowest BCUT2D eigenvalue weighted by Gasteiger charge is -2.09. The SMILES string of the molecule is O=C(C[C@@H]1CCS(=O)(=O)C1)Nc1cccc(C(=O)O)c1. The standard InChI is InChI=1S/C13H15NO5S/c15-12(6-9-4-5-20(18,19)8-9)14-11-3-1-2-10(7-11)13(16)17/h1-3,7,9H,4-6,8H2,(H,14,15)(H,16,17)/t9-/m0/s1. The van der Waals surface area contributed by atoms with Crippen molar-refractivity contribution in [3.05, 3.63) is 29.8 Å². The molecule has 0 aliphatic carbocycles. The summed E-state index contributed by atoms with van der Waals surface area (Å²) in [5.41, 5.74) is 0.488. The van der Waals surface area contributed by atoms with Crippen LogP contribution in [0.15, 0.2) is 24.3 Å². The number of benzene rings is 1. The Balaban J connectivity index is 1.95. The lowest BCUT2D eigenvalue weighted by atomic mass is 10.0.